The lowest BCUT2D eigenvalue weighted by Crippen LogP contribution is -2.30. The predicted molar refractivity (Wildman–Crippen MR) is 100 cm³/mol. The molecule has 1 aromatic carbocycles. The van der Waals surface area contributed by atoms with Crippen molar-refractivity contribution in [2.75, 3.05) is 0 Å². The first-order valence-electron chi connectivity index (χ1n) is 8.82. The SMILES string of the molecule is CCc1[nH]c2ccc(CN[C@@H](C)Cn3nc(C)cc3C)cc2c1C. The Morgan fingerprint density at radius 2 is 2.00 bits per heavy atom. The number of benzene rings is 1. The molecule has 3 rings (SSSR count). The molecule has 2 aromatic heterocycles. The van der Waals surface area contributed by atoms with Gasteiger partial charge in [0, 0.05) is 34.9 Å². The van der Waals surface area contributed by atoms with Gasteiger partial charge in [0.15, 0.2) is 0 Å². The zero-order valence-corrected chi connectivity index (χ0v) is 15.4. The van der Waals surface area contributed by atoms with Crippen molar-refractivity contribution in [1.82, 2.24) is 20.1 Å². The first-order valence-corrected chi connectivity index (χ1v) is 8.82. The summed E-state index contributed by atoms with van der Waals surface area (Å²) in [6, 6.07) is 9.21. The minimum absolute atomic E-state index is 0.372. The van der Waals surface area contributed by atoms with Gasteiger partial charge in [0.25, 0.3) is 0 Å². The zero-order valence-electron chi connectivity index (χ0n) is 15.4. The van der Waals surface area contributed by atoms with Crippen LogP contribution < -0.4 is 5.32 Å². The van der Waals surface area contributed by atoms with Crippen molar-refractivity contribution in [3.8, 4) is 0 Å². The number of nitrogens with one attached hydrogen (secondary N) is 2. The van der Waals surface area contributed by atoms with Crippen LogP contribution in [0.25, 0.3) is 10.9 Å². The fourth-order valence-corrected chi connectivity index (χ4v) is 3.37. The highest BCUT2D eigenvalue weighted by Crippen LogP contribution is 2.23. The number of hydrogen-bond donors (Lipinski definition) is 2. The van der Waals surface area contributed by atoms with Gasteiger partial charge >= 0.3 is 0 Å². The number of aryl methyl sites for hydroxylation is 4. The monoisotopic (exact) mass is 324 g/mol. The quantitative estimate of drug-likeness (QED) is 0.719. The highest BCUT2D eigenvalue weighted by Gasteiger charge is 2.09. The van der Waals surface area contributed by atoms with Gasteiger partial charge in [0.2, 0.25) is 0 Å². The Morgan fingerprint density at radius 3 is 2.67 bits per heavy atom. The molecule has 2 N–H and O–H groups in total. The van der Waals surface area contributed by atoms with Crippen LogP contribution in [0.5, 0.6) is 0 Å². The van der Waals surface area contributed by atoms with E-state index in [9.17, 15) is 0 Å². The molecule has 0 fully saturated rings. The topological polar surface area (TPSA) is 45.6 Å². The molecule has 0 aliphatic heterocycles. The zero-order chi connectivity index (χ0) is 17.3. The summed E-state index contributed by atoms with van der Waals surface area (Å²) in [6.45, 7) is 12.5. The summed E-state index contributed by atoms with van der Waals surface area (Å²) in [5, 5.41) is 9.50. The lowest BCUT2D eigenvalue weighted by molar-refractivity contribution is 0.444. The molecule has 0 saturated carbocycles. The van der Waals surface area contributed by atoms with Gasteiger partial charge in [-0.05, 0) is 63.4 Å². The number of nitrogens with zero attached hydrogens (tertiary/aromatic N) is 2. The number of aromatic amines is 1. The average Bonchev–Trinajstić information content (AvgIpc) is 3.04. The summed E-state index contributed by atoms with van der Waals surface area (Å²) < 4.78 is 2.08. The maximum absolute atomic E-state index is 4.54. The van der Waals surface area contributed by atoms with Crippen molar-refractivity contribution in [2.45, 2.75) is 60.2 Å². The maximum Gasteiger partial charge on any atom is 0.0596 e. The van der Waals surface area contributed by atoms with Crippen LogP contribution >= 0.6 is 0 Å². The van der Waals surface area contributed by atoms with Crippen molar-refractivity contribution in [2.24, 2.45) is 0 Å². The third kappa shape index (κ3) is 3.39. The van der Waals surface area contributed by atoms with Crippen molar-refractivity contribution >= 4 is 10.9 Å². The summed E-state index contributed by atoms with van der Waals surface area (Å²) in [5.41, 5.74) is 7.59. The maximum atomic E-state index is 4.54. The van der Waals surface area contributed by atoms with Gasteiger partial charge in [-0.3, -0.25) is 4.68 Å². The minimum atomic E-state index is 0.372. The number of hydrogen-bond acceptors (Lipinski definition) is 2. The Kier molecular flexibility index (Phi) is 4.76. The van der Waals surface area contributed by atoms with E-state index < -0.39 is 0 Å². The molecule has 0 spiro atoms. The average molecular weight is 324 g/mol. The number of aromatic nitrogens is 3. The summed E-state index contributed by atoms with van der Waals surface area (Å²) >= 11 is 0. The number of H-pyrrole nitrogens is 1. The number of rotatable bonds is 6. The highest BCUT2D eigenvalue weighted by molar-refractivity contribution is 5.85. The molecule has 128 valence electrons. The standard InChI is InChI=1S/C20H28N4/c1-6-19-16(5)18-10-17(7-8-20(18)22-19)11-21-14(3)12-24-15(4)9-13(2)23-24/h7-10,14,21-22H,6,11-12H2,1-5H3/t14-/m0/s1. The summed E-state index contributed by atoms with van der Waals surface area (Å²) in [6.07, 6.45) is 1.05. The van der Waals surface area contributed by atoms with E-state index in [4.69, 9.17) is 0 Å². The van der Waals surface area contributed by atoms with Crippen LogP contribution in [0.2, 0.25) is 0 Å². The molecule has 0 unspecified atom stereocenters. The van der Waals surface area contributed by atoms with Crippen LogP contribution in [0.3, 0.4) is 0 Å². The molecule has 0 radical (unpaired) electrons. The van der Waals surface area contributed by atoms with E-state index in [1.165, 1.54) is 33.4 Å². The molecule has 1 atom stereocenters. The largest absolute Gasteiger partial charge is 0.358 e. The van der Waals surface area contributed by atoms with Crippen LogP contribution in [0.4, 0.5) is 0 Å². The van der Waals surface area contributed by atoms with Crippen molar-refractivity contribution < 1.29 is 0 Å². The van der Waals surface area contributed by atoms with Gasteiger partial charge in [0.1, 0.15) is 0 Å². The summed E-state index contributed by atoms with van der Waals surface area (Å²) in [7, 11) is 0. The van der Waals surface area contributed by atoms with Crippen molar-refractivity contribution in [3.63, 3.8) is 0 Å². The molecule has 3 aromatic rings. The number of fused-ring (bicyclic) bond motifs is 1. The van der Waals surface area contributed by atoms with Crippen molar-refractivity contribution in [1.29, 1.82) is 0 Å². The Hall–Kier alpha value is -2.07. The third-order valence-electron chi connectivity index (χ3n) is 4.78. The van der Waals surface area contributed by atoms with E-state index in [-0.39, 0.29) is 0 Å². The van der Waals surface area contributed by atoms with Gasteiger partial charge in [-0.1, -0.05) is 13.0 Å². The van der Waals surface area contributed by atoms with Crippen molar-refractivity contribution in [3.05, 3.63) is 52.5 Å². The van der Waals surface area contributed by atoms with Crippen LogP contribution in [-0.4, -0.2) is 20.8 Å². The molecule has 0 saturated heterocycles. The fraction of sp³-hybridized carbons (Fsp3) is 0.450. The van der Waals surface area contributed by atoms with E-state index >= 15 is 0 Å². The predicted octanol–water partition coefficient (Wildman–Crippen LogP) is 4.03. The highest BCUT2D eigenvalue weighted by atomic mass is 15.3. The molecule has 4 nitrogen and oxygen atoms in total. The van der Waals surface area contributed by atoms with Gasteiger partial charge < -0.3 is 10.3 Å². The van der Waals surface area contributed by atoms with E-state index in [0.29, 0.717) is 6.04 Å². The Bertz CT molecular complexity index is 841. The van der Waals surface area contributed by atoms with E-state index in [1.807, 2.05) is 6.92 Å². The second-order valence-electron chi connectivity index (χ2n) is 6.85. The molecule has 0 aliphatic rings. The normalized spacial score (nSPS) is 12.9. The molecular formula is C20H28N4. The molecule has 0 amide bonds. The van der Waals surface area contributed by atoms with E-state index in [1.54, 1.807) is 0 Å². The lowest BCUT2D eigenvalue weighted by atomic mass is 10.1. The lowest BCUT2D eigenvalue weighted by Gasteiger charge is -2.15. The Morgan fingerprint density at radius 1 is 1.21 bits per heavy atom. The first kappa shape index (κ1) is 16.8. The second-order valence-corrected chi connectivity index (χ2v) is 6.85. The van der Waals surface area contributed by atoms with Gasteiger partial charge in [-0.15, -0.1) is 0 Å². The molecule has 0 bridgehead atoms. The Balaban J connectivity index is 1.66. The summed E-state index contributed by atoms with van der Waals surface area (Å²) in [5.74, 6) is 0. The molecule has 24 heavy (non-hydrogen) atoms. The minimum Gasteiger partial charge on any atom is -0.358 e. The van der Waals surface area contributed by atoms with Crippen LogP contribution in [0, 0.1) is 20.8 Å². The van der Waals surface area contributed by atoms with Crippen LogP contribution in [0.15, 0.2) is 24.3 Å². The second kappa shape index (κ2) is 6.81. The van der Waals surface area contributed by atoms with Gasteiger partial charge in [-0.25, -0.2) is 0 Å². The van der Waals surface area contributed by atoms with E-state index in [2.05, 4.69) is 72.0 Å². The van der Waals surface area contributed by atoms with Crippen LogP contribution in [-0.2, 0) is 19.5 Å². The van der Waals surface area contributed by atoms with E-state index in [0.717, 1.165) is 25.2 Å². The van der Waals surface area contributed by atoms with Crippen LogP contribution in [0.1, 0.15) is 42.1 Å². The third-order valence-corrected chi connectivity index (χ3v) is 4.78. The molecule has 2 heterocycles. The van der Waals surface area contributed by atoms with Gasteiger partial charge in [0.05, 0.1) is 12.2 Å². The molecular weight excluding hydrogens is 296 g/mol. The molecule has 0 aliphatic carbocycles. The fourth-order valence-electron chi connectivity index (χ4n) is 3.37. The molecule has 4 heteroatoms. The summed E-state index contributed by atoms with van der Waals surface area (Å²) in [4.78, 5) is 3.51. The van der Waals surface area contributed by atoms with Gasteiger partial charge in [-0.2, -0.15) is 5.10 Å². The first-order chi connectivity index (χ1) is 11.5. The Labute approximate surface area is 144 Å². The smallest absolute Gasteiger partial charge is 0.0596 e.